The second-order valence-electron chi connectivity index (χ2n) is 9.08. The van der Waals surface area contributed by atoms with Gasteiger partial charge >= 0.3 is 0 Å². The number of hydrogen-bond acceptors (Lipinski definition) is 4. The first-order chi connectivity index (χ1) is 13.2. The summed E-state index contributed by atoms with van der Waals surface area (Å²) >= 11 is 0. The molecule has 1 aliphatic heterocycles. The molecule has 4 fully saturated rings. The van der Waals surface area contributed by atoms with Crippen LogP contribution in [0.15, 0.2) is 40.6 Å². The average Bonchev–Trinajstić information content (AvgIpc) is 3.20. The topological polar surface area (TPSA) is 52.3 Å². The summed E-state index contributed by atoms with van der Waals surface area (Å²) in [6.07, 6.45) is 12.6. The molecular formula is C23H23NO3. The molecule has 1 aromatic carbocycles. The van der Waals surface area contributed by atoms with E-state index in [2.05, 4.69) is 11.1 Å². The van der Waals surface area contributed by atoms with Crippen molar-refractivity contribution in [1.29, 1.82) is 0 Å². The monoisotopic (exact) mass is 361 g/mol. The van der Waals surface area contributed by atoms with Crippen LogP contribution in [0.3, 0.4) is 0 Å². The van der Waals surface area contributed by atoms with E-state index in [0.717, 1.165) is 59.5 Å². The second-order valence-corrected chi connectivity index (χ2v) is 9.08. The summed E-state index contributed by atoms with van der Waals surface area (Å²) in [4.78, 5) is 17.7. The van der Waals surface area contributed by atoms with Gasteiger partial charge in [0.2, 0.25) is 5.89 Å². The van der Waals surface area contributed by atoms with E-state index in [0.29, 0.717) is 18.3 Å². The lowest BCUT2D eigenvalue weighted by Gasteiger charge is -2.56. The molecule has 0 spiro atoms. The Balaban J connectivity index is 1.31. The van der Waals surface area contributed by atoms with E-state index in [9.17, 15) is 4.79 Å². The molecule has 4 bridgehead atoms. The van der Waals surface area contributed by atoms with Crippen molar-refractivity contribution in [1.82, 2.24) is 4.98 Å². The average molecular weight is 361 g/mol. The van der Waals surface area contributed by atoms with Crippen LogP contribution in [0.1, 0.15) is 44.1 Å². The lowest BCUT2D eigenvalue weighted by Crippen LogP contribution is -2.50. The van der Waals surface area contributed by atoms with Crippen LogP contribution in [0.5, 0.6) is 5.75 Å². The number of carbonyl (C=O) groups is 1. The molecule has 4 saturated carbocycles. The number of aromatic nitrogens is 1. The largest absolute Gasteiger partial charge is 0.488 e. The van der Waals surface area contributed by atoms with Crippen LogP contribution in [0, 0.1) is 23.2 Å². The highest BCUT2D eigenvalue weighted by molar-refractivity contribution is 6.04. The van der Waals surface area contributed by atoms with Gasteiger partial charge in [-0.05, 0) is 74.5 Å². The van der Waals surface area contributed by atoms with Gasteiger partial charge in [-0.1, -0.05) is 6.07 Å². The number of Topliss-reactive ketones (excluding diaryl/α,β-unsaturated/α-hetero) is 1. The van der Waals surface area contributed by atoms with Gasteiger partial charge in [0.05, 0.1) is 6.20 Å². The maximum atomic E-state index is 13.5. The second kappa shape index (κ2) is 5.57. The van der Waals surface area contributed by atoms with Gasteiger partial charge in [-0.15, -0.1) is 0 Å². The summed E-state index contributed by atoms with van der Waals surface area (Å²) < 4.78 is 11.4. The molecule has 4 aliphatic carbocycles. The molecule has 4 heteroatoms. The van der Waals surface area contributed by atoms with Gasteiger partial charge in [0.1, 0.15) is 18.6 Å². The minimum atomic E-state index is -0.0977. The number of ether oxygens (including phenoxy) is 1. The number of rotatable bonds is 3. The maximum absolute atomic E-state index is 13.5. The van der Waals surface area contributed by atoms with Gasteiger partial charge in [0.15, 0.2) is 5.78 Å². The van der Waals surface area contributed by atoms with Crippen LogP contribution in [0.4, 0.5) is 0 Å². The van der Waals surface area contributed by atoms with Crippen LogP contribution in [-0.4, -0.2) is 17.4 Å². The Morgan fingerprint density at radius 3 is 2.48 bits per heavy atom. The summed E-state index contributed by atoms with van der Waals surface area (Å²) in [5, 5.41) is 0. The van der Waals surface area contributed by atoms with E-state index in [1.54, 1.807) is 12.5 Å². The predicted molar refractivity (Wildman–Crippen MR) is 101 cm³/mol. The van der Waals surface area contributed by atoms with E-state index < -0.39 is 0 Å². The smallest absolute Gasteiger partial charge is 0.225 e. The van der Waals surface area contributed by atoms with Crippen molar-refractivity contribution in [3.8, 4) is 17.2 Å². The van der Waals surface area contributed by atoms with Crippen molar-refractivity contribution >= 4 is 11.9 Å². The third-order valence-electron chi connectivity index (χ3n) is 7.22. The quantitative estimate of drug-likeness (QED) is 0.780. The van der Waals surface area contributed by atoms with Crippen molar-refractivity contribution in [2.75, 3.05) is 6.61 Å². The van der Waals surface area contributed by atoms with Crippen molar-refractivity contribution in [3.05, 3.63) is 41.8 Å². The highest BCUT2D eigenvalue weighted by Crippen LogP contribution is 2.61. The van der Waals surface area contributed by atoms with Crippen molar-refractivity contribution < 1.29 is 13.9 Å². The van der Waals surface area contributed by atoms with Crippen molar-refractivity contribution in [3.63, 3.8) is 0 Å². The molecule has 0 amide bonds. The fourth-order valence-corrected chi connectivity index (χ4v) is 6.52. The summed E-state index contributed by atoms with van der Waals surface area (Å²) in [5.41, 5.74) is 2.63. The Hall–Kier alpha value is -2.36. The molecule has 1 aromatic heterocycles. The van der Waals surface area contributed by atoms with Gasteiger partial charge in [0, 0.05) is 22.1 Å². The minimum Gasteiger partial charge on any atom is -0.488 e. The van der Waals surface area contributed by atoms with E-state index in [1.807, 2.05) is 18.2 Å². The van der Waals surface area contributed by atoms with Crippen LogP contribution < -0.4 is 4.74 Å². The van der Waals surface area contributed by atoms with Crippen molar-refractivity contribution in [2.45, 2.75) is 38.5 Å². The number of hydrogen-bond donors (Lipinski definition) is 0. The first kappa shape index (κ1) is 15.7. The standard InChI is InChI=1S/C23H23NO3/c25-21(23-10-14-5-15(11-23)7-16(6-14)12-23)19-8-17-1-2-18(9-20(17)27-13-19)22-24-3-4-26-22/h1-4,8-9,14-16H,5-7,10-13H2. The zero-order chi connectivity index (χ0) is 18.0. The lowest BCUT2D eigenvalue weighted by molar-refractivity contribution is -0.140. The fourth-order valence-electron chi connectivity index (χ4n) is 6.52. The number of ketones is 1. The Morgan fingerprint density at radius 1 is 1.07 bits per heavy atom. The molecule has 0 radical (unpaired) electrons. The number of benzene rings is 1. The molecular weight excluding hydrogens is 338 g/mol. The molecule has 0 unspecified atom stereocenters. The summed E-state index contributed by atoms with van der Waals surface area (Å²) in [6.45, 7) is 0.378. The molecule has 138 valence electrons. The maximum Gasteiger partial charge on any atom is 0.225 e. The lowest BCUT2D eigenvalue weighted by atomic mass is 9.48. The number of nitrogens with zero attached hydrogens (tertiary/aromatic N) is 1. The predicted octanol–water partition coefficient (Wildman–Crippen LogP) is 4.90. The SMILES string of the molecule is O=C(C1=Cc2ccc(-c3ncco3)cc2OC1)C12CC3CC(CC(C3)C1)C2. The Bertz CT molecular complexity index is 905. The fraction of sp³-hybridized carbons (Fsp3) is 0.478. The third kappa shape index (κ3) is 2.42. The first-order valence-electron chi connectivity index (χ1n) is 10.1. The third-order valence-corrected chi connectivity index (χ3v) is 7.22. The van der Waals surface area contributed by atoms with Crippen molar-refractivity contribution in [2.24, 2.45) is 23.2 Å². The van der Waals surface area contributed by atoms with E-state index >= 15 is 0 Å². The summed E-state index contributed by atoms with van der Waals surface area (Å²) in [5.74, 6) is 4.08. The molecule has 2 heterocycles. The minimum absolute atomic E-state index is 0.0977. The zero-order valence-corrected chi connectivity index (χ0v) is 15.3. The molecule has 7 rings (SSSR count). The van der Waals surface area contributed by atoms with Crippen LogP contribution in [0.2, 0.25) is 0 Å². The van der Waals surface area contributed by atoms with Gasteiger partial charge in [0.25, 0.3) is 0 Å². The molecule has 5 aliphatic rings. The molecule has 27 heavy (non-hydrogen) atoms. The van der Waals surface area contributed by atoms with Crippen LogP contribution in [0.25, 0.3) is 17.5 Å². The van der Waals surface area contributed by atoms with Gasteiger partial charge in [-0.3, -0.25) is 4.79 Å². The Morgan fingerprint density at radius 2 is 1.81 bits per heavy atom. The molecule has 4 nitrogen and oxygen atoms in total. The molecule has 0 atom stereocenters. The highest BCUT2D eigenvalue weighted by Gasteiger charge is 2.55. The normalized spacial score (nSPS) is 33.3. The highest BCUT2D eigenvalue weighted by atomic mass is 16.5. The van der Waals surface area contributed by atoms with Crippen LogP contribution >= 0.6 is 0 Å². The van der Waals surface area contributed by atoms with E-state index in [-0.39, 0.29) is 5.41 Å². The van der Waals surface area contributed by atoms with Crippen LogP contribution in [-0.2, 0) is 4.79 Å². The summed E-state index contributed by atoms with van der Waals surface area (Å²) in [7, 11) is 0. The molecule has 0 N–H and O–H groups in total. The Labute approximate surface area is 158 Å². The molecule has 2 aromatic rings. The number of carbonyl (C=O) groups excluding carboxylic acids is 1. The van der Waals surface area contributed by atoms with E-state index in [1.165, 1.54) is 19.3 Å². The van der Waals surface area contributed by atoms with Gasteiger partial charge < -0.3 is 9.15 Å². The number of fused-ring (bicyclic) bond motifs is 1. The zero-order valence-electron chi connectivity index (χ0n) is 15.3. The number of oxazole rings is 1. The van der Waals surface area contributed by atoms with Gasteiger partial charge in [-0.2, -0.15) is 0 Å². The molecule has 0 saturated heterocycles. The summed E-state index contributed by atoms with van der Waals surface area (Å²) in [6, 6.07) is 5.92. The first-order valence-corrected chi connectivity index (χ1v) is 10.1. The van der Waals surface area contributed by atoms with Gasteiger partial charge in [-0.25, -0.2) is 4.98 Å². The van der Waals surface area contributed by atoms with E-state index in [4.69, 9.17) is 9.15 Å². The Kier molecular flexibility index (Phi) is 3.23.